The molecule has 0 aromatic heterocycles. The zero-order valence-electron chi connectivity index (χ0n) is 11.0. The van der Waals surface area contributed by atoms with Crippen LogP contribution < -0.4 is 5.32 Å². The Morgan fingerprint density at radius 2 is 2.00 bits per heavy atom. The van der Waals surface area contributed by atoms with Gasteiger partial charge >= 0.3 is 5.97 Å². The number of nitro groups is 1. The van der Waals surface area contributed by atoms with Gasteiger partial charge < -0.3 is 10.4 Å². The zero-order chi connectivity index (χ0) is 15.6. The molecule has 2 N–H and O–H groups in total. The fraction of sp³-hybridized carbons (Fsp3) is 0.0714. The summed E-state index contributed by atoms with van der Waals surface area (Å²) in [6.45, 7) is 1.65. The number of carboxylic acids is 1. The number of hydrogen-bond acceptors (Lipinski definition) is 4. The van der Waals surface area contributed by atoms with Gasteiger partial charge in [0.25, 0.3) is 5.69 Å². The molecule has 0 unspecified atom stereocenters. The highest BCUT2D eigenvalue weighted by Crippen LogP contribution is 2.30. The predicted octanol–water partition coefficient (Wildman–Crippen LogP) is 4.00. The van der Waals surface area contributed by atoms with Gasteiger partial charge in [0.2, 0.25) is 0 Å². The fourth-order valence-corrected chi connectivity index (χ4v) is 2.08. The Morgan fingerprint density at radius 3 is 2.57 bits per heavy atom. The number of nitrogens with zero attached hydrogens (tertiary/aromatic N) is 1. The minimum absolute atomic E-state index is 0.112. The van der Waals surface area contributed by atoms with Crippen molar-refractivity contribution in [2.45, 2.75) is 6.92 Å². The summed E-state index contributed by atoms with van der Waals surface area (Å²) in [5.74, 6) is -1.02. The normalized spacial score (nSPS) is 10.2. The highest BCUT2D eigenvalue weighted by molar-refractivity contribution is 6.31. The summed E-state index contributed by atoms with van der Waals surface area (Å²) < 4.78 is 0. The van der Waals surface area contributed by atoms with Crippen LogP contribution in [0, 0.1) is 17.0 Å². The van der Waals surface area contributed by atoms with Crippen LogP contribution in [-0.2, 0) is 0 Å². The number of aromatic carboxylic acids is 1. The van der Waals surface area contributed by atoms with Crippen molar-refractivity contribution in [3.05, 3.63) is 62.7 Å². The third-order valence-electron chi connectivity index (χ3n) is 2.89. The zero-order valence-corrected chi connectivity index (χ0v) is 11.7. The molecule has 0 heterocycles. The summed E-state index contributed by atoms with van der Waals surface area (Å²) in [5.41, 5.74) is 1.41. The van der Waals surface area contributed by atoms with Crippen LogP contribution in [0.15, 0.2) is 36.4 Å². The van der Waals surface area contributed by atoms with Crippen molar-refractivity contribution in [3.8, 4) is 0 Å². The molecule has 2 aromatic carbocycles. The Balaban J connectivity index is 2.38. The molecule has 108 valence electrons. The highest BCUT2D eigenvalue weighted by atomic mass is 35.5. The average molecular weight is 307 g/mol. The molecular formula is C14H11ClN2O4. The topological polar surface area (TPSA) is 92.5 Å². The maximum atomic E-state index is 11.0. The van der Waals surface area contributed by atoms with E-state index >= 15 is 0 Å². The molecule has 0 saturated carbocycles. The lowest BCUT2D eigenvalue weighted by Gasteiger charge is -2.09. The number of carbonyl (C=O) groups is 1. The molecule has 0 fully saturated rings. The van der Waals surface area contributed by atoms with Gasteiger partial charge in [-0.1, -0.05) is 11.6 Å². The van der Waals surface area contributed by atoms with E-state index < -0.39 is 10.9 Å². The summed E-state index contributed by atoms with van der Waals surface area (Å²) >= 11 is 5.85. The molecule has 2 rings (SSSR count). The van der Waals surface area contributed by atoms with Gasteiger partial charge in [0.1, 0.15) is 5.69 Å². The van der Waals surface area contributed by atoms with E-state index in [9.17, 15) is 14.9 Å². The number of benzene rings is 2. The molecule has 21 heavy (non-hydrogen) atoms. The Kier molecular flexibility index (Phi) is 4.09. The van der Waals surface area contributed by atoms with E-state index in [2.05, 4.69) is 5.32 Å². The van der Waals surface area contributed by atoms with Crippen LogP contribution in [-0.4, -0.2) is 16.0 Å². The molecule has 2 aromatic rings. The molecule has 0 aliphatic rings. The number of nitro benzene ring substituents is 1. The first-order valence-corrected chi connectivity index (χ1v) is 6.31. The number of rotatable bonds is 4. The van der Waals surface area contributed by atoms with Gasteiger partial charge in [-0.2, -0.15) is 0 Å². The number of aryl methyl sites for hydroxylation is 1. The molecule has 0 aliphatic carbocycles. The van der Waals surface area contributed by atoms with Crippen LogP contribution in [0.3, 0.4) is 0 Å². The third kappa shape index (κ3) is 3.29. The molecule has 0 aliphatic heterocycles. The highest BCUT2D eigenvalue weighted by Gasteiger charge is 2.15. The van der Waals surface area contributed by atoms with Gasteiger partial charge in [0.15, 0.2) is 0 Å². The standard InChI is InChI=1S/C14H11ClN2O4/c1-8-6-10(3-4-11(8)14(18)19)16-12-7-9(15)2-5-13(12)17(20)21/h2-7,16H,1H3,(H,18,19). The molecule has 0 saturated heterocycles. The van der Waals surface area contributed by atoms with Gasteiger partial charge in [-0.25, -0.2) is 4.79 Å². The Hall–Kier alpha value is -2.60. The van der Waals surface area contributed by atoms with Crippen molar-refractivity contribution >= 4 is 34.6 Å². The van der Waals surface area contributed by atoms with E-state index in [1.807, 2.05) is 0 Å². The van der Waals surface area contributed by atoms with E-state index in [-0.39, 0.29) is 16.9 Å². The van der Waals surface area contributed by atoms with Crippen molar-refractivity contribution in [1.82, 2.24) is 0 Å². The Labute approximate surface area is 125 Å². The van der Waals surface area contributed by atoms with Crippen molar-refractivity contribution in [2.75, 3.05) is 5.32 Å². The Morgan fingerprint density at radius 1 is 1.29 bits per heavy atom. The molecule has 0 atom stereocenters. The lowest BCUT2D eigenvalue weighted by Crippen LogP contribution is -2.01. The van der Waals surface area contributed by atoms with Crippen LogP contribution in [0.5, 0.6) is 0 Å². The summed E-state index contributed by atoms with van der Waals surface area (Å²) in [7, 11) is 0. The fourth-order valence-electron chi connectivity index (χ4n) is 1.90. The van der Waals surface area contributed by atoms with Gasteiger partial charge in [0.05, 0.1) is 10.5 Å². The molecule has 0 amide bonds. The van der Waals surface area contributed by atoms with E-state index in [1.165, 1.54) is 24.3 Å². The summed E-state index contributed by atoms with van der Waals surface area (Å²) in [6.07, 6.45) is 0. The van der Waals surface area contributed by atoms with Crippen molar-refractivity contribution < 1.29 is 14.8 Å². The van der Waals surface area contributed by atoms with Gasteiger partial charge in [0, 0.05) is 16.8 Å². The van der Waals surface area contributed by atoms with Crippen LogP contribution in [0.25, 0.3) is 0 Å². The first-order chi connectivity index (χ1) is 9.88. The second kappa shape index (κ2) is 5.80. The second-order valence-corrected chi connectivity index (χ2v) is 4.81. The van der Waals surface area contributed by atoms with Crippen LogP contribution in [0.1, 0.15) is 15.9 Å². The van der Waals surface area contributed by atoms with E-state index in [4.69, 9.17) is 16.7 Å². The number of carboxylic acid groups (broad SMARTS) is 1. The maximum Gasteiger partial charge on any atom is 0.335 e. The predicted molar refractivity (Wildman–Crippen MR) is 79.5 cm³/mol. The van der Waals surface area contributed by atoms with Gasteiger partial charge in [-0.3, -0.25) is 10.1 Å². The molecular weight excluding hydrogens is 296 g/mol. The van der Waals surface area contributed by atoms with Crippen molar-refractivity contribution in [3.63, 3.8) is 0 Å². The maximum absolute atomic E-state index is 11.0. The molecule has 6 nitrogen and oxygen atoms in total. The lowest BCUT2D eigenvalue weighted by molar-refractivity contribution is -0.383. The minimum atomic E-state index is -1.02. The van der Waals surface area contributed by atoms with Crippen LogP contribution in [0.2, 0.25) is 5.02 Å². The van der Waals surface area contributed by atoms with Crippen molar-refractivity contribution in [2.24, 2.45) is 0 Å². The molecule has 0 spiro atoms. The number of anilines is 2. The second-order valence-electron chi connectivity index (χ2n) is 4.38. The molecule has 0 radical (unpaired) electrons. The Bertz CT molecular complexity index is 731. The third-order valence-corrected chi connectivity index (χ3v) is 3.13. The van der Waals surface area contributed by atoms with Gasteiger partial charge in [-0.05, 0) is 42.8 Å². The summed E-state index contributed by atoms with van der Waals surface area (Å²) in [6, 6.07) is 8.78. The number of hydrogen-bond donors (Lipinski definition) is 2. The van der Waals surface area contributed by atoms with E-state index in [0.29, 0.717) is 16.3 Å². The average Bonchev–Trinajstić information content (AvgIpc) is 2.37. The lowest BCUT2D eigenvalue weighted by atomic mass is 10.1. The van der Waals surface area contributed by atoms with Gasteiger partial charge in [-0.15, -0.1) is 0 Å². The van der Waals surface area contributed by atoms with Crippen molar-refractivity contribution in [1.29, 1.82) is 0 Å². The monoisotopic (exact) mass is 306 g/mol. The largest absolute Gasteiger partial charge is 0.478 e. The quantitative estimate of drug-likeness (QED) is 0.658. The first-order valence-electron chi connectivity index (χ1n) is 5.93. The molecule has 0 bridgehead atoms. The van der Waals surface area contributed by atoms with E-state index in [1.54, 1.807) is 19.1 Å². The number of nitrogens with one attached hydrogen (secondary N) is 1. The van der Waals surface area contributed by atoms with Crippen LogP contribution in [0.4, 0.5) is 17.1 Å². The smallest absolute Gasteiger partial charge is 0.335 e. The SMILES string of the molecule is Cc1cc(Nc2cc(Cl)ccc2[N+](=O)[O-])ccc1C(=O)O. The summed E-state index contributed by atoms with van der Waals surface area (Å²) in [4.78, 5) is 21.4. The summed E-state index contributed by atoms with van der Waals surface area (Å²) in [5, 5.41) is 23.2. The van der Waals surface area contributed by atoms with Crippen LogP contribution >= 0.6 is 11.6 Å². The minimum Gasteiger partial charge on any atom is -0.478 e. The number of halogens is 1. The molecule has 7 heteroatoms. The van der Waals surface area contributed by atoms with E-state index in [0.717, 1.165) is 0 Å². The first kappa shape index (κ1) is 14.8.